The van der Waals surface area contributed by atoms with Gasteiger partial charge in [-0.1, -0.05) is 42.2 Å². The Morgan fingerprint density at radius 3 is 2.86 bits per heavy atom. The summed E-state index contributed by atoms with van der Waals surface area (Å²) >= 11 is 6.10. The number of thiocarbonyl (C=S) groups is 1. The number of rotatable bonds is 2. The molecule has 74 valence electrons. The number of thioether (sulfide) groups is 1. The Kier molecular flexibility index (Phi) is 4.45. The van der Waals surface area contributed by atoms with Crippen molar-refractivity contribution in [3.8, 4) is 5.75 Å². The summed E-state index contributed by atoms with van der Waals surface area (Å²) in [6.45, 7) is 0. The van der Waals surface area contributed by atoms with Gasteiger partial charge in [0.25, 0.3) is 0 Å². The number of aromatic hydroxyl groups is 1. The summed E-state index contributed by atoms with van der Waals surface area (Å²) in [4.78, 5) is 0. The Morgan fingerprint density at radius 1 is 1.50 bits per heavy atom. The zero-order valence-electron chi connectivity index (χ0n) is 7.31. The molecule has 4 N–H and O–H groups in total. The average molecular weight is 226 g/mol. The van der Waals surface area contributed by atoms with Crippen LogP contribution in [-0.4, -0.2) is 9.43 Å². The van der Waals surface area contributed by atoms with E-state index in [0.717, 1.165) is 5.56 Å². The molecule has 0 spiro atoms. The van der Waals surface area contributed by atoms with Crippen LogP contribution in [0.4, 0.5) is 0 Å². The van der Waals surface area contributed by atoms with E-state index in [1.807, 2.05) is 12.1 Å². The number of hydrogen-bond donors (Lipinski definition) is 3. The Bertz CT molecular complexity index is 352. The van der Waals surface area contributed by atoms with Crippen molar-refractivity contribution in [2.24, 2.45) is 5.84 Å². The number of hydrogen-bond acceptors (Lipinski definition) is 4. The smallest absolute Gasteiger partial charge is 0.152 e. The predicted molar refractivity (Wildman–Crippen MR) is 64.7 cm³/mol. The van der Waals surface area contributed by atoms with Crippen molar-refractivity contribution in [1.29, 1.82) is 0 Å². The number of hydrazine groups is 1. The van der Waals surface area contributed by atoms with Gasteiger partial charge in [-0.2, -0.15) is 0 Å². The molecule has 0 saturated heterocycles. The first kappa shape index (κ1) is 11.0. The van der Waals surface area contributed by atoms with Gasteiger partial charge in [0.05, 0.1) is 0 Å². The van der Waals surface area contributed by atoms with Crippen LogP contribution in [0.1, 0.15) is 5.56 Å². The molecule has 0 atom stereocenters. The molecule has 14 heavy (non-hydrogen) atoms. The highest BCUT2D eigenvalue weighted by Crippen LogP contribution is 2.18. The van der Waals surface area contributed by atoms with E-state index in [4.69, 9.17) is 18.1 Å². The molecule has 0 aliphatic carbocycles. The van der Waals surface area contributed by atoms with Crippen molar-refractivity contribution in [2.45, 2.75) is 0 Å². The standard InChI is InChI=1S/C9H10N2OS2/c10-11-9(13)14-6-5-7-3-1-2-4-8(7)12/h1-6,12H,10H2,(H,11,13)/b6-5+. The molecule has 0 bridgehead atoms. The molecule has 0 aliphatic rings. The maximum absolute atomic E-state index is 9.40. The van der Waals surface area contributed by atoms with Crippen LogP contribution >= 0.6 is 24.0 Å². The first-order valence-corrected chi connectivity index (χ1v) is 5.14. The van der Waals surface area contributed by atoms with Gasteiger partial charge in [0.15, 0.2) is 4.32 Å². The van der Waals surface area contributed by atoms with Crippen LogP contribution < -0.4 is 11.3 Å². The first-order valence-electron chi connectivity index (χ1n) is 3.86. The highest BCUT2D eigenvalue weighted by Gasteiger charge is 1.94. The Hall–Kier alpha value is -1.04. The summed E-state index contributed by atoms with van der Waals surface area (Å²) in [6.07, 6.45) is 1.77. The molecular formula is C9H10N2OS2. The molecule has 0 aliphatic heterocycles. The third-order valence-corrected chi connectivity index (χ3v) is 2.49. The van der Waals surface area contributed by atoms with E-state index in [0.29, 0.717) is 4.32 Å². The molecule has 0 saturated carbocycles. The van der Waals surface area contributed by atoms with Crippen LogP contribution in [0.25, 0.3) is 6.08 Å². The second kappa shape index (κ2) is 5.64. The SMILES string of the molecule is NNC(=S)S/C=C/c1ccccc1O. The molecule has 5 heteroatoms. The Balaban J connectivity index is 2.60. The summed E-state index contributed by atoms with van der Waals surface area (Å²) in [6, 6.07) is 7.06. The Labute approximate surface area is 92.0 Å². The van der Waals surface area contributed by atoms with Crippen LogP contribution in [0.2, 0.25) is 0 Å². The lowest BCUT2D eigenvalue weighted by Crippen LogP contribution is -2.25. The van der Waals surface area contributed by atoms with Crippen LogP contribution in [0, 0.1) is 0 Å². The fraction of sp³-hybridized carbons (Fsp3) is 0. The van der Waals surface area contributed by atoms with Gasteiger partial charge < -0.3 is 10.5 Å². The highest BCUT2D eigenvalue weighted by molar-refractivity contribution is 8.24. The summed E-state index contributed by atoms with van der Waals surface area (Å²) in [5.41, 5.74) is 3.10. The molecule has 0 radical (unpaired) electrons. The summed E-state index contributed by atoms with van der Waals surface area (Å²) < 4.78 is 0.483. The van der Waals surface area contributed by atoms with Gasteiger partial charge >= 0.3 is 0 Å². The molecule has 0 heterocycles. The minimum atomic E-state index is 0.246. The monoisotopic (exact) mass is 226 g/mol. The lowest BCUT2D eigenvalue weighted by molar-refractivity contribution is 0.474. The lowest BCUT2D eigenvalue weighted by Gasteiger charge is -1.98. The number of para-hydroxylation sites is 1. The number of phenolic OH excluding ortho intramolecular Hbond substituents is 1. The quantitative estimate of drug-likeness (QED) is 0.408. The van der Waals surface area contributed by atoms with E-state index < -0.39 is 0 Å². The van der Waals surface area contributed by atoms with E-state index in [2.05, 4.69) is 5.43 Å². The molecule has 3 nitrogen and oxygen atoms in total. The second-order valence-electron chi connectivity index (χ2n) is 2.41. The minimum absolute atomic E-state index is 0.246. The third kappa shape index (κ3) is 3.37. The normalized spacial score (nSPS) is 10.4. The molecular weight excluding hydrogens is 216 g/mol. The van der Waals surface area contributed by atoms with Crippen LogP contribution in [-0.2, 0) is 0 Å². The largest absolute Gasteiger partial charge is 0.507 e. The molecule has 0 fully saturated rings. The minimum Gasteiger partial charge on any atom is -0.507 e. The van der Waals surface area contributed by atoms with Gasteiger partial charge in [0, 0.05) is 5.56 Å². The van der Waals surface area contributed by atoms with Gasteiger partial charge in [-0.25, -0.2) is 5.84 Å². The zero-order valence-corrected chi connectivity index (χ0v) is 8.94. The fourth-order valence-electron chi connectivity index (χ4n) is 0.832. The van der Waals surface area contributed by atoms with Crippen molar-refractivity contribution >= 4 is 34.4 Å². The van der Waals surface area contributed by atoms with Crippen LogP contribution in [0.15, 0.2) is 29.7 Å². The van der Waals surface area contributed by atoms with E-state index in [-0.39, 0.29) is 5.75 Å². The molecule has 0 aromatic heterocycles. The highest BCUT2D eigenvalue weighted by atomic mass is 32.2. The maximum Gasteiger partial charge on any atom is 0.152 e. The van der Waals surface area contributed by atoms with Crippen molar-refractivity contribution in [1.82, 2.24) is 5.43 Å². The second-order valence-corrected chi connectivity index (χ2v) is 3.99. The molecule has 1 aromatic carbocycles. The van der Waals surface area contributed by atoms with E-state index in [1.54, 1.807) is 23.6 Å². The summed E-state index contributed by atoms with van der Waals surface area (Å²) in [5.74, 6) is 5.33. The number of nitrogens with one attached hydrogen (secondary N) is 1. The number of nitrogens with two attached hydrogens (primary N) is 1. The van der Waals surface area contributed by atoms with Gasteiger partial charge in [-0.15, -0.1) is 0 Å². The maximum atomic E-state index is 9.40. The topological polar surface area (TPSA) is 58.3 Å². The fourth-order valence-corrected chi connectivity index (χ4v) is 1.40. The summed E-state index contributed by atoms with van der Waals surface area (Å²) in [7, 11) is 0. The zero-order chi connectivity index (χ0) is 10.4. The molecule has 1 rings (SSSR count). The van der Waals surface area contributed by atoms with Crippen LogP contribution in [0.5, 0.6) is 5.75 Å². The third-order valence-electron chi connectivity index (χ3n) is 1.48. The van der Waals surface area contributed by atoms with Gasteiger partial charge in [-0.3, -0.25) is 0 Å². The molecule has 0 amide bonds. The van der Waals surface area contributed by atoms with Crippen molar-refractivity contribution in [3.05, 3.63) is 35.2 Å². The van der Waals surface area contributed by atoms with Crippen molar-refractivity contribution in [3.63, 3.8) is 0 Å². The van der Waals surface area contributed by atoms with Crippen molar-refractivity contribution < 1.29 is 5.11 Å². The lowest BCUT2D eigenvalue weighted by atomic mass is 10.2. The average Bonchev–Trinajstić information content (AvgIpc) is 2.20. The van der Waals surface area contributed by atoms with E-state index in [1.165, 1.54) is 11.8 Å². The number of phenols is 1. The van der Waals surface area contributed by atoms with E-state index >= 15 is 0 Å². The van der Waals surface area contributed by atoms with Gasteiger partial charge in [-0.05, 0) is 17.6 Å². The van der Waals surface area contributed by atoms with Gasteiger partial charge in [0.2, 0.25) is 0 Å². The predicted octanol–water partition coefficient (Wildman–Crippen LogP) is 1.84. The molecule has 0 unspecified atom stereocenters. The van der Waals surface area contributed by atoms with E-state index in [9.17, 15) is 5.11 Å². The van der Waals surface area contributed by atoms with Crippen LogP contribution in [0.3, 0.4) is 0 Å². The van der Waals surface area contributed by atoms with Crippen molar-refractivity contribution in [2.75, 3.05) is 0 Å². The summed E-state index contributed by atoms with van der Waals surface area (Å²) in [5, 5.41) is 11.2. The Morgan fingerprint density at radius 2 is 2.21 bits per heavy atom. The first-order chi connectivity index (χ1) is 6.74. The number of benzene rings is 1. The molecule has 1 aromatic rings. The van der Waals surface area contributed by atoms with Gasteiger partial charge in [0.1, 0.15) is 5.75 Å².